The number of hydrogen-bond donors (Lipinski definition) is 2. The first-order chi connectivity index (χ1) is 8.81. The number of nitrogens with one attached hydrogen (secondary N) is 1. The molecule has 4 heteroatoms. The standard InChI is InChI=1S/C14H11NO3/c16-14(15-17)11-7-8-18-12-6-5-9-3-1-2-4-10(9)13(11)12/h1-7,17H,8H2,(H,15,16). The molecule has 90 valence electrons. The second kappa shape index (κ2) is 4.16. The topological polar surface area (TPSA) is 58.6 Å². The van der Waals surface area contributed by atoms with Gasteiger partial charge in [-0.25, -0.2) is 5.48 Å². The van der Waals surface area contributed by atoms with Crippen LogP contribution in [0.5, 0.6) is 5.75 Å². The van der Waals surface area contributed by atoms with Crippen molar-refractivity contribution < 1.29 is 14.7 Å². The number of carbonyl (C=O) groups is 1. The van der Waals surface area contributed by atoms with Gasteiger partial charge in [0.15, 0.2) is 0 Å². The Kier molecular flexibility index (Phi) is 2.50. The van der Waals surface area contributed by atoms with Gasteiger partial charge in [-0.15, -0.1) is 0 Å². The minimum absolute atomic E-state index is 0.327. The monoisotopic (exact) mass is 241 g/mol. The Morgan fingerprint density at radius 1 is 1.22 bits per heavy atom. The minimum atomic E-state index is -0.518. The molecule has 2 N–H and O–H groups in total. The molecule has 0 spiro atoms. The lowest BCUT2D eigenvalue weighted by molar-refractivity contribution is -0.123. The molecule has 0 aliphatic carbocycles. The Hall–Kier alpha value is -2.33. The molecule has 0 radical (unpaired) electrons. The number of fused-ring (bicyclic) bond motifs is 3. The third-order valence-electron chi connectivity index (χ3n) is 3.03. The van der Waals surface area contributed by atoms with Crippen LogP contribution in [0.3, 0.4) is 0 Å². The highest BCUT2D eigenvalue weighted by atomic mass is 16.5. The fourth-order valence-electron chi connectivity index (χ4n) is 2.23. The molecule has 0 saturated carbocycles. The van der Waals surface area contributed by atoms with E-state index < -0.39 is 5.91 Å². The van der Waals surface area contributed by atoms with E-state index >= 15 is 0 Å². The van der Waals surface area contributed by atoms with Crippen molar-refractivity contribution in [3.63, 3.8) is 0 Å². The summed E-state index contributed by atoms with van der Waals surface area (Å²) in [6.07, 6.45) is 1.67. The van der Waals surface area contributed by atoms with E-state index in [1.807, 2.05) is 36.4 Å². The highest BCUT2D eigenvalue weighted by molar-refractivity contribution is 6.23. The van der Waals surface area contributed by atoms with Gasteiger partial charge in [0.2, 0.25) is 0 Å². The van der Waals surface area contributed by atoms with E-state index in [1.54, 1.807) is 11.6 Å². The fourth-order valence-corrected chi connectivity index (χ4v) is 2.23. The molecule has 0 fully saturated rings. The fraction of sp³-hybridized carbons (Fsp3) is 0.0714. The van der Waals surface area contributed by atoms with E-state index in [9.17, 15) is 4.79 Å². The van der Waals surface area contributed by atoms with Crippen molar-refractivity contribution in [1.82, 2.24) is 5.48 Å². The Morgan fingerprint density at radius 3 is 2.89 bits per heavy atom. The molecule has 3 rings (SSSR count). The third kappa shape index (κ3) is 1.55. The first-order valence-electron chi connectivity index (χ1n) is 5.61. The molecule has 1 amide bonds. The van der Waals surface area contributed by atoms with Crippen molar-refractivity contribution in [2.75, 3.05) is 6.61 Å². The molecular formula is C14H11NO3. The molecule has 2 aromatic carbocycles. The molecule has 1 aliphatic heterocycles. The maximum absolute atomic E-state index is 11.7. The van der Waals surface area contributed by atoms with E-state index in [0.29, 0.717) is 17.9 Å². The van der Waals surface area contributed by atoms with Gasteiger partial charge in [0.1, 0.15) is 12.4 Å². The van der Waals surface area contributed by atoms with Crippen molar-refractivity contribution in [3.05, 3.63) is 48.0 Å². The summed E-state index contributed by atoms with van der Waals surface area (Å²) < 4.78 is 5.52. The summed E-state index contributed by atoms with van der Waals surface area (Å²) in [7, 11) is 0. The van der Waals surface area contributed by atoms with Crippen molar-refractivity contribution in [3.8, 4) is 5.75 Å². The van der Waals surface area contributed by atoms with Gasteiger partial charge < -0.3 is 4.74 Å². The summed E-state index contributed by atoms with van der Waals surface area (Å²) in [5, 5.41) is 10.8. The zero-order chi connectivity index (χ0) is 12.5. The number of amides is 1. The van der Waals surface area contributed by atoms with Crippen LogP contribution in [0.4, 0.5) is 0 Å². The Balaban J connectivity index is 2.31. The predicted octanol–water partition coefficient (Wildman–Crippen LogP) is 2.12. The summed E-state index contributed by atoms with van der Waals surface area (Å²) in [6.45, 7) is 0.327. The van der Waals surface area contributed by atoms with Gasteiger partial charge in [-0.05, 0) is 22.9 Å². The number of rotatable bonds is 1. The van der Waals surface area contributed by atoms with Crippen LogP contribution in [0.15, 0.2) is 42.5 Å². The number of hydrogen-bond acceptors (Lipinski definition) is 3. The van der Waals surface area contributed by atoms with Gasteiger partial charge in [0.05, 0.1) is 5.57 Å². The van der Waals surface area contributed by atoms with E-state index in [-0.39, 0.29) is 0 Å². The average Bonchev–Trinajstić information content (AvgIpc) is 2.45. The molecule has 0 atom stereocenters. The smallest absolute Gasteiger partial charge is 0.275 e. The van der Waals surface area contributed by atoms with Gasteiger partial charge in [-0.2, -0.15) is 0 Å². The Morgan fingerprint density at radius 2 is 2.06 bits per heavy atom. The van der Waals surface area contributed by atoms with Crippen molar-refractivity contribution in [1.29, 1.82) is 0 Å². The van der Waals surface area contributed by atoms with E-state index in [0.717, 1.165) is 16.3 Å². The van der Waals surface area contributed by atoms with E-state index in [1.165, 1.54) is 0 Å². The lowest BCUT2D eigenvalue weighted by Crippen LogP contribution is -2.22. The third-order valence-corrected chi connectivity index (χ3v) is 3.03. The molecule has 18 heavy (non-hydrogen) atoms. The van der Waals surface area contributed by atoms with Crippen LogP contribution < -0.4 is 10.2 Å². The highest BCUT2D eigenvalue weighted by Crippen LogP contribution is 2.36. The Bertz CT molecular complexity index is 661. The number of carbonyl (C=O) groups excluding carboxylic acids is 1. The van der Waals surface area contributed by atoms with Crippen molar-refractivity contribution in [2.24, 2.45) is 0 Å². The van der Waals surface area contributed by atoms with E-state index in [4.69, 9.17) is 9.94 Å². The van der Waals surface area contributed by atoms with Crippen LogP contribution in [0.2, 0.25) is 0 Å². The van der Waals surface area contributed by atoms with Gasteiger partial charge in [0, 0.05) is 5.56 Å². The number of ether oxygens (including phenoxy) is 1. The normalized spacial score (nSPS) is 13.5. The first kappa shape index (κ1) is 10.8. The van der Waals surface area contributed by atoms with Crippen LogP contribution in [-0.2, 0) is 4.79 Å². The summed E-state index contributed by atoms with van der Waals surface area (Å²) in [5.41, 5.74) is 2.85. The number of hydroxylamine groups is 1. The van der Waals surface area contributed by atoms with Crippen LogP contribution in [-0.4, -0.2) is 17.7 Å². The predicted molar refractivity (Wildman–Crippen MR) is 67.3 cm³/mol. The first-order valence-corrected chi connectivity index (χ1v) is 5.61. The molecule has 4 nitrogen and oxygen atoms in total. The average molecular weight is 241 g/mol. The summed E-state index contributed by atoms with van der Waals surface area (Å²) in [6, 6.07) is 11.5. The second-order valence-corrected chi connectivity index (χ2v) is 4.03. The van der Waals surface area contributed by atoms with Gasteiger partial charge >= 0.3 is 0 Å². The maximum atomic E-state index is 11.7. The lowest BCUT2D eigenvalue weighted by atomic mass is 9.95. The lowest BCUT2D eigenvalue weighted by Gasteiger charge is -2.19. The zero-order valence-electron chi connectivity index (χ0n) is 9.51. The molecule has 0 unspecified atom stereocenters. The van der Waals surface area contributed by atoms with Crippen LogP contribution in [0, 0.1) is 0 Å². The molecule has 0 aromatic heterocycles. The molecule has 1 aliphatic rings. The maximum Gasteiger partial charge on any atom is 0.275 e. The molecule has 2 aromatic rings. The second-order valence-electron chi connectivity index (χ2n) is 4.03. The summed E-state index contributed by atoms with van der Waals surface area (Å²) >= 11 is 0. The minimum Gasteiger partial charge on any atom is -0.489 e. The molecular weight excluding hydrogens is 230 g/mol. The van der Waals surface area contributed by atoms with Crippen LogP contribution >= 0.6 is 0 Å². The SMILES string of the molecule is O=C(NO)C1=CCOc2ccc3ccccc3c21. The molecule has 1 heterocycles. The van der Waals surface area contributed by atoms with E-state index in [2.05, 4.69) is 0 Å². The quantitative estimate of drug-likeness (QED) is 0.594. The zero-order valence-corrected chi connectivity index (χ0v) is 9.51. The summed E-state index contributed by atoms with van der Waals surface area (Å²) in [5.74, 6) is 0.144. The van der Waals surface area contributed by atoms with Crippen molar-refractivity contribution in [2.45, 2.75) is 0 Å². The van der Waals surface area contributed by atoms with Gasteiger partial charge in [0.25, 0.3) is 5.91 Å². The van der Waals surface area contributed by atoms with Crippen molar-refractivity contribution >= 4 is 22.3 Å². The van der Waals surface area contributed by atoms with Crippen LogP contribution in [0.1, 0.15) is 5.56 Å². The molecule has 0 saturated heterocycles. The Labute approximate surface area is 103 Å². The summed E-state index contributed by atoms with van der Waals surface area (Å²) in [4.78, 5) is 11.7. The van der Waals surface area contributed by atoms with Gasteiger partial charge in [-0.3, -0.25) is 10.0 Å². The van der Waals surface area contributed by atoms with Crippen LogP contribution in [0.25, 0.3) is 16.3 Å². The highest BCUT2D eigenvalue weighted by Gasteiger charge is 2.21. The van der Waals surface area contributed by atoms with Gasteiger partial charge in [-0.1, -0.05) is 30.3 Å². The largest absolute Gasteiger partial charge is 0.489 e. The number of benzene rings is 2. The molecule has 0 bridgehead atoms.